The number of carbonyl (C=O) groups is 3. The van der Waals surface area contributed by atoms with Crippen LogP contribution in [0.1, 0.15) is 10.4 Å². The Morgan fingerprint density at radius 1 is 1.00 bits per heavy atom. The quantitative estimate of drug-likeness (QED) is 0.671. The lowest BCUT2D eigenvalue weighted by Gasteiger charge is -2.13. The molecule has 28 heavy (non-hydrogen) atoms. The Labute approximate surface area is 163 Å². The van der Waals surface area contributed by atoms with Gasteiger partial charge in [-0.1, -0.05) is 12.1 Å². The number of nitrogens with zero attached hydrogens (tertiary/aromatic N) is 1. The van der Waals surface area contributed by atoms with Crippen LogP contribution in [0.5, 0.6) is 5.75 Å². The van der Waals surface area contributed by atoms with Gasteiger partial charge in [-0.3, -0.25) is 14.4 Å². The number of esters is 1. The summed E-state index contributed by atoms with van der Waals surface area (Å²) in [6.45, 7) is -0.805. The second-order valence-electron chi connectivity index (χ2n) is 6.03. The van der Waals surface area contributed by atoms with Gasteiger partial charge in [0.2, 0.25) is 0 Å². The molecule has 0 aliphatic rings. The van der Waals surface area contributed by atoms with Crippen molar-refractivity contribution in [3.63, 3.8) is 0 Å². The second kappa shape index (κ2) is 9.96. The van der Waals surface area contributed by atoms with Crippen molar-refractivity contribution >= 4 is 29.2 Å². The summed E-state index contributed by atoms with van der Waals surface area (Å²) in [5.74, 6) is -1.27. The van der Waals surface area contributed by atoms with Crippen LogP contribution in [0, 0.1) is 0 Å². The summed E-state index contributed by atoms with van der Waals surface area (Å²) in [5.41, 5.74) is 1.89. The third-order valence-corrected chi connectivity index (χ3v) is 3.78. The predicted octanol–water partition coefficient (Wildman–Crippen LogP) is 1.67. The molecule has 0 aliphatic heterocycles. The first-order valence-electron chi connectivity index (χ1n) is 8.54. The lowest BCUT2D eigenvalue weighted by molar-refractivity contribution is -0.146. The summed E-state index contributed by atoms with van der Waals surface area (Å²) >= 11 is 0. The minimum absolute atomic E-state index is 0.303. The predicted molar refractivity (Wildman–Crippen MR) is 106 cm³/mol. The molecule has 2 amide bonds. The van der Waals surface area contributed by atoms with Gasteiger partial charge in [0.25, 0.3) is 11.8 Å². The molecule has 0 aliphatic carbocycles. The van der Waals surface area contributed by atoms with E-state index in [1.165, 1.54) is 7.11 Å². The van der Waals surface area contributed by atoms with Gasteiger partial charge in [-0.15, -0.1) is 0 Å². The zero-order valence-electron chi connectivity index (χ0n) is 16.0. The van der Waals surface area contributed by atoms with Gasteiger partial charge in [0.05, 0.1) is 12.7 Å². The molecule has 0 unspecified atom stereocenters. The van der Waals surface area contributed by atoms with E-state index in [0.29, 0.717) is 17.0 Å². The largest absolute Gasteiger partial charge is 0.496 e. The minimum atomic E-state index is -0.721. The summed E-state index contributed by atoms with van der Waals surface area (Å²) in [5, 5.41) is 5.06. The van der Waals surface area contributed by atoms with Crippen molar-refractivity contribution in [3.05, 3.63) is 54.1 Å². The first kappa shape index (κ1) is 20.8. The van der Waals surface area contributed by atoms with Gasteiger partial charge in [-0.2, -0.15) is 0 Å². The Kier molecular flexibility index (Phi) is 7.38. The molecule has 148 valence electrons. The number of amides is 2. The molecule has 2 aromatic rings. The Morgan fingerprint density at radius 2 is 1.68 bits per heavy atom. The van der Waals surface area contributed by atoms with E-state index in [-0.39, 0.29) is 6.54 Å². The van der Waals surface area contributed by atoms with E-state index in [0.717, 1.165) is 5.69 Å². The lowest BCUT2D eigenvalue weighted by atomic mass is 10.2. The van der Waals surface area contributed by atoms with Gasteiger partial charge in [-0.25, -0.2) is 0 Å². The van der Waals surface area contributed by atoms with E-state index < -0.39 is 24.4 Å². The summed E-state index contributed by atoms with van der Waals surface area (Å²) in [4.78, 5) is 37.7. The highest BCUT2D eigenvalue weighted by atomic mass is 16.5. The van der Waals surface area contributed by atoms with Crippen LogP contribution in [0.3, 0.4) is 0 Å². The maximum Gasteiger partial charge on any atom is 0.325 e. The zero-order chi connectivity index (χ0) is 20.5. The molecule has 2 rings (SSSR count). The van der Waals surface area contributed by atoms with E-state index in [9.17, 15) is 14.4 Å². The van der Waals surface area contributed by atoms with Crippen molar-refractivity contribution in [1.29, 1.82) is 0 Å². The molecule has 0 saturated carbocycles. The van der Waals surface area contributed by atoms with Gasteiger partial charge < -0.3 is 25.0 Å². The number of benzene rings is 2. The number of nitrogens with one attached hydrogen (secondary N) is 2. The van der Waals surface area contributed by atoms with Crippen LogP contribution in [0.4, 0.5) is 11.4 Å². The summed E-state index contributed by atoms with van der Waals surface area (Å²) in [7, 11) is 5.28. The molecule has 0 fully saturated rings. The van der Waals surface area contributed by atoms with Crippen LogP contribution in [0.25, 0.3) is 0 Å². The van der Waals surface area contributed by atoms with Crippen molar-refractivity contribution in [2.24, 2.45) is 0 Å². The molecule has 8 heteroatoms. The topological polar surface area (TPSA) is 97.0 Å². The number of anilines is 2. The monoisotopic (exact) mass is 385 g/mol. The number of ether oxygens (including phenoxy) is 2. The highest BCUT2D eigenvalue weighted by Crippen LogP contribution is 2.17. The maximum atomic E-state index is 12.1. The molecule has 2 aromatic carbocycles. The van der Waals surface area contributed by atoms with Crippen LogP contribution in [-0.2, 0) is 14.3 Å². The third kappa shape index (κ3) is 6.01. The van der Waals surface area contributed by atoms with Crippen LogP contribution < -0.4 is 20.3 Å². The van der Waals surface area contributed by atoms with E-state index in [1.54, 1.807) is 36.4 Å². The van der Waals surface area contributed by atoms with Crippen molar-refractivity contribution in [2.45, 2.75) is 0 Å². The van der Waals surface area contributed by atoms with E-state index >= 15 is 0 Å². The zero-order valence-corrected chi connectivity index (χ0v) is 16.0. The van der Waals surface area contributed by atoms with E-state index in [1.807, 2.05) is 31.1 Å². The maximum absolute atomic E-state index is 12.1. The standard InChI is InChI=1S/C20H23N3O5/c1-23(2)15-10-8-14(9-11-15)22-18(24)13-28-19(25)12-21-20(26)16-6-4-5-7-17(16)27-3/h4-11H,12-13H2,1-3H3,(H,21,26)(H,22,24). The number of para-hydroxylation sites is 1. The first-order chi connectivity index (χ1) is 13.4. The highest BCUT2D eigenvalue weighted by Gasteiger charge is 2.14. The molecule has 0 radical (unpaired) electrons. The molecule has 0 heterocycles. The number of carbonyl (C=O) groups excluding carboxylic acids is 3. The van der Waals surface area contributed by atoms with Crippen LogP contribution >= 0.6 is 0 Å². The molecule has 0 bridgehead atoms. The minimum Gasteiger partial charge on any atom is -0.496 e. The molecular weight excluding hydrogens is 362 g/mol. The van der Waals surface area contributed by atoms with E-state index in [4.69, 9.17) is 9.47 Å². The van der Waals surface area contributed by atoms with Crippen molar-refractivity contribution in [3.8, 4) is 5.75 Å². The average Bonchev–Trinajstić information content (AvgIpc) is 2.70. The Balaban J connectivity index is 1.75. The SMILES string of the molecule is COc1ccccc1C(=O)NCC(=O)OCC(=O)Nc1ccc(N(C)C)cc1. The summed E-state index contributed by atoms with van der Waals surface area (Å²) < 4.78 is 9.97. The second-order valence-corrected chi connectivity index (χ2v) is 6.03. The normalized spacial score (nSPS) is 9.96. The van der Waals surface area contributed by atoms with Gasteiger partial charge in [-0.05, 0) is 36.4 Å². The fraction of sp³-hybridized carbons (Fsp3) is 0.250. The average molecular weight is 385 g/mol. The van der Waals surface area contributed by atoms with Crippen molar-refractivity contribution in [2.75, 3.05) is 44.6 Å². The number of hydrogen-bond donors (Lipinski definition) is 2. The summed E-state index contributed by atoms with van der Waals surface area (Å²) in [6, 6.07) is 13.9. The Bertz CT molecular complexity index is 834. The van der Waals surface area contributed by atoms with Crippen molar-refractivity contribution in [1.82, 2.24) is 5.32 Å². The smallest absolute Gasteiger partial charge is 0.325 e. The summed E-state index contributed by atoms with van der Waals surface area (Å²) in [6.07, 6.45) is 0. The molecular formula is C20H23N3O5. The molecule has 2 N–H and O–H groups in total. The van der Waals surface area contributed by atoms with Gasteiger partial charge >= 0.3 is 5.97 Å². The fourth-order valence-electron chi connectivity index (χ4n) is 2.32. The lowest BCUT2D eigenvalue weighted by Crippen LogP contribution is -2.32. The van der Waals surface area contributed by atoms with Crippen LogP contribution in [0.15, 0.2) is 48.5 Å². The fourth-order valence-corrected chi connectivity index (χ4v) is 2.32. The molecule has 0 spiro atoms. The number of rotatable bonds is 8. The van der Waals surface area contributed by atoms with Gasteiger partial charge in [0, 0.05) is 25.5 Å². The number of hydrogen-bond acceptors (Lipinski definition) is 6. The highest BCUT2D eigenvalue weighted by molar-refractivity contribution is 5.98. The number of methoxy groups -OCH3 is 1. The first-order valence-corrected chi connectivity index (χ1v) is 8.54. The third-order valence-electron chi connectivity index (χ3n) is 3.78. The molecule has 0 aromatic heterocycles. The molecule has 0 atom stereocenters. The van der Waals surface area contributed by atoms with Crippen LogP contribution in [-0.4, -0.2) is 52.1 Å². The van der Waals surface area contributed by atoms with Crippen molar-refractivity contribution < 1.29 is 23.9 Å². The molecule has 0 saturated heterocycles. The van der Waals surface area contributed by atoms with Gasteiger partial charge in [0.1, 0.15) is 12.3 Å². The Morgan fingerprint density at radius 3 is 2.32 bits per heavy atom. The Hall–Kier alpha value is -3.55. The van der Waals surface area contributed by atoms with E-state index in [2.05, 4.69) is 10.6 Å². The van der Waals surface area contributed by atoms with Gasteiger partial charge in [0.15, 0.2) is 6.61 Å². The van der Waals surface area contributed by atoms with Crippen LogP contribution in [0.2, 0.25) is 0 Å². The molecule has 8 nitrogen and oxygen atoms in total.